The quantitative estimate of drug-likeness (QED) is 0.781. The monoisotopic (exact) mass is 384 g/mol. The van der Waals surface area contributed by atoms with Crippen molar-refractivity contribution in [1.29, 1.82) is 0 Å². The number of piperazine rings is 1. The predicted molar refractivity (Wildman–Crippen MR) is 106 cm³/mol. The summed E-state index contributed by atoms with van der Waals surface area (Å²) >= 11 is 0. The number of nitrogens with zero attached hydrogens (tertiary/aromatic N) is 4. The van der Waals surface area contributed by atoms with E-state index in [0.29, 0.717) is 38.7 Å². The summed E-state index contributed by atoms with van der Waals surface area (Å²) in [6, 6.07) is 8.21. The first-order valence-corrected chi connectivity index (χ1v) is 9.99. The first-order valence-electron chi connectivity index (χ1n) is 9.99. The van der Waals surface area contributed by atoms with Gasteiger partial charge in [-0.3, -0.25) is 14.6 Å². The number of ether oxygens (including phenoxy) is 1. The second kappa shape index (κ2) is 8.86. The molecule has 1 amide bonds. The summed E-state index contributed by atoms with van der Waals surface area (Å²) in [5.74, 6) is 0.890. The molecule has 2 saturated heterocycles. The minimum atomic E-state index is 0.219. The van der Waals surface area contributed by atoms with Gasteiger partial charge < -0.3 is 14.1 Å². The van der Waals surface area contributed by atoms with Crippen LogP contribution in [0.25, 0.3) is 11.5 Å². The van der Waals surface area contributed by atoms with Crippen molar-refractivity contribution in [3.8, 4) is 11.5 Å². The van der Waals surface area contributed by atoms with Gasteiger partial charge in [0, 0.05) is 51.4 Å². The molecular weight excluding hydrogens is 356 g/mol. The van der Waals surface area contributed by atoms with Crippen molar-refractivity contribution < 1.29 is 13.9 Å². The molecule has 0 radical (unpaired) electrons. The van der Waals surface area contributed by atoms with Crippen LogP contribution in [0.3, 0.4) is 0 Å². The van der Waals surface area contributed by atoms with E-state index in [-0.39, 0.29) is 5.91 Å². The van der Waals surface area contributed by atoms with E-state index >= 15 is 0 Å². The summed E-state index contributed by atoms with van der Waals surface area (Å²) in [6.07, 6.45) is 1.75. The normalized spacial score (nSPS) is 19.1. The molecule has 0 saturated carbocycles. The van der Waals surface area contributed by atoms with Crippen LogP contribution >= 0.6 is 0 Å². The molecule has 0 spiro atoms. The van der Waals surface area contributed by atoms with Crippen molar-refractivity contribution in [2.45, 2.75) is 13.5 Å². The fourth-order valence-electron chi connectivity index (χ4n) is 3.65. The molecular formula is C21H28N4O3. The van der Waals surface area contributed by atoms with Gasteiger partial charge in [0.25, 0.3) is 0 Å². The zero-order chi connectivity index (χ0) is 19.3. The van der Waals surface area contributed by atoms with Crippen LogP contribution in [0.15, 0.2) is 34.9 Å². The molecule has 2 aliphatic heterocycles. The second-order valence-electron chi connectivity index (χ2n) is 7.56. The van der Waals surface area contributed by atoms with E-state index in [0.717, 1.165) is 44.0 Å². The van der Waals surface area contributed by atoms with Crippen molar-refractivity contribution in [3.63, 3.8) is 0 Å². The minimum absolute atomic E-state index is 0.219. The number of rotatable bonds is 5. The van der Waals surface area contributed by atoms with Crippen molar-refractivity contribution in [2.24, 2.45) is 0 Å². The summed E-state index contributed by atoms with van der Waals surface area (Å²) in [4.78, 5) is 23.6. The topological polar surface area (TPSA) is 62.1 Å². The van der Waals surface area contributed by atoms with Gasteiger partial charge in [-0.15, -0.1) is 0 Å². The maximum atomic E-state index is 12.4. The van der Waals surface area contributed by atoms with E-state index in [4.69, 9.17) is 9.15 Å². The van der Waals surface area contributed by atoms with Crippen molar-refractivity contribution in [3.05, 3.63) is 41.8 Å². The summed E-state index contributed by atoms with van der Waals surface area (Å²) < 4.78 is 11.0. The number of hydrogen-bond donors (Lipinski definition) is 0. The van der Waals surface area contributed by atoms with Gasteiger partial charge in [-0.25, -0.2) is 4.98 Å². The highest BCUT2D eigenvalue weighted by Crippen LogP contribution is 2.20. The van der Waals surface area contributed by atoms with E-state index in [2.05, 4.69) is 33.8 Å². The molecule has 0 atom stereocenters. The van der Waals surface area contributed by atoms with E-state index < -0.39 is 0 Å². The van der Waals surface area contributed by atoms with Crippen molar-refractivity contribution in [2.75, 3.05) is 59.0 Å². The molecule has 2 aromatic rings. The molecule has 7 heteroatoms. The van der Waals surface area contributed by atoms with Crippen molar-refractivity contribution in [1.82, 2.24) is 19.7 Å². The summed E-state index contributed by atoms with van der Waals surface area (Å²) in [7, 11) is 0. The average molecular weight is 384 g/mol. The molecule has 2 aliphatic rings. The Labute approximate surface area is 165 Å². The molecule has 1 aromatic carbocycles. The summed E-state index contributed by atoms with van der Waals surface area (Å²) in [5, 5.41) is 0. The van der Waals surface area contributed by atoms with Crippen LogP contribution in [-0.2, 0) is 16.1 Å². The highest BCUT2D eigenvalue weighted by atomic mass is 16.5. The maximum Gasteiger partial charge on any atom is 0.236 e. The lowest BCUT2D eigenvalue weighted by Crippen LogP contribution is -2.51. The van der Waals surface area contributed by atoms with Crippen LogP contribution in [-0.4, -0.2) is 84.6 Å². The van der Waals surface area contributed by atoms with Gasteiger partial charge in [0.1, 0.15) is 6.26 Å². The molecule has 3 heterocycles. The highest BCUT2D eigenvalue weighted by molar-refractivity contribution is 5.78. The standard InChI is InChI=1S/C21H28N4O3/c1-17-2-4-18(5-3-17)21-22-19(16-28-21)14-23-6-8-24(9-7-23)15-20(26)25-10-12-27-13-11-25/h2-5,16H,6-15H2,1H3. The van der Waals surface area contributed by atoms with Gasteiger partial charge >= 0.3 is 0 Å². The van der Waals surface area contributed by atoms with Gasteiger partial charge in [-0.05, 0) is 19.1 Å². The average Bonchev–Trinajstić information content (AvgIpc) is 3.19. The molecule has 0 N–H and O–H groups in total. The molecule has 0 bridgehead atoms. The Kier molecular flexibility index (Phi) is 6.04. The van der Waals surface area contributed by atoms with E-state index in [1.807, 2.05) is 17.0 Å². The third-order valence-corrected chi connectivity index (χ3v) is 5.42. The molecule has 0 unspecified atom stereocenters. The third kappa shape index (κ3) is 4.79. The lowest BCUT2D eigenvalue weighted by Gasteiger charge is -2.35. The van der Waals surface area contributed by atoms with Gasteiger partial charge in [0.05, 0.1) is 25.5 Å². The van der Waals surface area contributed by atoms with Gasteiger partial charge in [-0.2, -0.15) is 0 Å². The summed E-state index contributed by atoms with van der Waals surface area (Å²) in [6.45, 7) is 9.77. The number of aromatic nitrogens is 1. The summed E-state index contributed by atoms with van der Waals surface area (Å²) in [5.41, 5.74) is 3.18. The van der Waals surface area contributed by atoms with Gasteiger partial charge in [0.2, 0.25) is 11.8 Å². The molecule has 1 aromatic heterocycles. The minimum Gasteiger partial charge on any atom is -0.444 e. The van der Waals surface area contributed by atoms with Crippen LogP contribution in [0, 0.1) is 6.92 Å². The molecule has 2 fully saturated rings. The Morgan fingerprint density at radius 2 is 1.68 bits per heavy atom. The maximum absolute atomic E-state index is 12.4. The number of carbonyl (C=O) groups excluding carboxylic acids is 1. The number of benzene rings is 1. The van der Waals surface area contributed by atoms with Gasteiger partial charge in [-0.1, -0.05) is 17.7 Å². The Morgan fingerprint density at radius 3 is 2.39 bits per heavy atom. The lowest BCUT2D eigenvalue weighted by molar-refractivity contribution is -0.136. The predicted octanol–water partition coefficient (Wildman–Crippen LogP) is 1.63. The number of amides is 1. The van der Waals surface area contributed by atoms with Crippen LogP contribution in [0.2, 0.25) is 0 Å². The fourth-order valence-corrected chi connectivity index (χ4v) is 3.65. The number of carbonyl (C=O) groups is 1. The molecule has 4 rings (SSSR count). The molecule has 7 nitrogen and oxygen atoms in total. The van der Waals surface area contributed by atoms with E-state index in [1.54, 1.807) is 6.26 Å². The van der Waals surface area contributed by atoms with Crippen LogP contribution < -0.4 is 0 Å². The van der Waals surface area contributed by atoms with Crippen LogP contribution in [0.1, 0.15) is 11.3 Å². The largest absolute Gasteiger partial charge is 0.444 e. The third-order valence-electron chi connectivity index (χ3n) is 5.42. The molecule has 28 heavy (non-hydrogen) atoms. The Bertz CT molecular complexity index is 775. The van der Waals surface area contributed by atoms with Crippen molar-refractivity contribution >= 4 is 5.91 Å². The molecule has 0 aliphatic carbocycles. The van der Waals surface area contributed by atoms with E-state index in [9.17, 15) is 4.79 Å². The first-order chi connectivity index (χ1) is 13.7. The van der Waals surface area contributed by atoms with Gasteiger partial charge in [0.15, 0.2) is 0 Å². The SMILES string of the molecule is Cc1ccc(-c2nc(CN3CCN(CC(=O)N4CCOCC4)CC3)co2)cc1. The van der Waals surface area contributed by atoms with Crippen LogP contribution in [0.4, 0.5) is 0 Å². The smallest absolute Gasteiger partial charge is 0.236 e. The fraction of sp³-hybridized carbons (Fsp3) is 0.524. The Balaban J connectivity index is 1.24. The number of aryl methyl sites for hydroxylation is 1. The van der Waals surface area contributed by atoms with Crippen LogP contribution in [0.5, 0.6) is 0 Å². The Hall–Kier alpha value is -2.22. The zero-order valence-electron chi connectivity index (χ0n) is 16.5. The first kappa shape index (κ1) is 19.1. The van der Waals surface area contributed by atoms with E-state index in [1.165, 1.54) is 5.56 Å². The lowest BCUT2D eigenvalue weighted by atomic mass is 10.1. The highest BCUT2D eigenvalue weighted by Gasteiger charge is 2.23. The zero-order valence-corrected chi connectivity index (χ0v) is 16.5. The number of hydrogen-bond acceptors (Lipinski definition) is 6. The number of oxazole rings is 1. The number of morpholine rings is 1. The molecule has 150 valence electrons. The Morgan fingerprint density at radius 1 is 1.00 bits per heavy atom. The second-order valence-corrected chi connectivity index (χ2v) is 7.56.